The molecule has 0 bridgehead atoms. The summed E-state index contributed by atoms with van der Waals surface area (Å²) in [6.07, 6.45) is 9.08. The van der Waals surface area contributed by atoms with Crippen LogP contribution in [-0.2, 0) is 4.79 Å². The average molecular weight is 364 g/mol. The zero-order chi connectivity index (χ0) is 18.4. The number of carbonyl (C=O) groups is 1. The van der Waals surface area contributed by atoms with Crippen LogP contribution in [0, 0.1) is 11.8 Å². The Kier molecular flexibility index (Phi) is 7.17. The number of carbonyl (C=O) groups excluding carboxylic acids is 1. The van der Waals surface area contributed by atoms with Crippen LogP contribution in [0.15, 0.2) is 4.99 Å². The van der Waals surface area contributed by atoms with Gasteiger partial charge in [-0.1, -0.05) is 6.42 Å². The molecule has 0 radical (unpaired) electrons. The number of hydrogen-bond acceptors (Lipinski definition) is 3. The molecule has 3 unspecified atom stereocenters. The van der Waals surface area contributed by atoms with Crippen LogP contribution in [0.2, 0.25) is 0 Å². The van der Waals surface area contributed by atoms with Gasteiger partial charge in [0, 0.05) is 37.6 Å². The lowest BCUT2D eigenvalue weighted by molar-refractivity contribution is -0.126. The van der Waals surface area contributed by atoms with Crippen LogP contribution in [-0.4, -0.2) is 62.1 Å². The van der Waals surface area contributed by atoms with Crippen molar-refractivity contribution in [3.05, 3.63) is 0 Å². The van der Waals surface area contributed by atoms with E-state index >= 15 is 0 Å². The van der Waals surface area contributed by atoms with E-state index in [1.165, 1.54) is 19.4 Å². The van der Waals surface area contributed by atoms with Crippen molar-refractivity contribution >= 4 is 11.9 Å². The Morgan fingerprint density at radius 1 is 1.08 bits per heavy atom. The first kappa shape index (κ1) is 19.5. The molecule has 6 nitrogen and oxygen atoms in total. The summed E-state index contributed by atoms with van der Waals surface area (Å²) in [5.41, 5.74) is 0. The van der Waals surface area contributed by atoms with Gasteiger partial charge >= 0.3 is 0 Å². The van der Waals surface area contributed by atoms with Gasteiger partial charge in [-0.2, -0.15) is 0 Å². The summed E-state index contributed by atoms with van der Waals surface area (Å²) >= 11 is 0. The number of amides is 1. The van der Waals surface area contributed by atoms with E-state index in [9.17, 15) is 4.79 Å². The van der Waals surface area contributed by atoms with E-state index in [-0.39, 0.29) is 11.8 Å². The van der Waals surface area contributed by atoms with Crippen LogP contribution in [0.4, 0.5) is 0 Å². The first-order valence-electron chi connectivity index (χ1n) is 10.7. The zero-order valence-corrected chi connectivity index (χ0v) is 16.6. The van der Waals surface area contributed by atoms with E-state index in [4.69, 9.17) is 4.99 Å². The number of hydrogen-bond donors (Lipinski definition) is 3. The highest BCUT2D eigenvalue weighted by molar-refractivity contribution is 5.81. The van der Waals surface area contributed by atoms with E-state index in [0.29, 0.717) is 18.0 Å². The van der Waals surface area contributed by atoms with Crippen molar-refractivity contribution in [3.63, 3.8) is 0 Å². The molecular weight excluding hydrogens is 326 g/mol. The van der Waals surface area contributed by atoms with Gasteiger partial charge in [-0.15, -0.1) is 0 Å². The number of piperidine rings is 1. The Morgan fingerprint density at radius 3 is 2.65 bits per heavy atom. The fourth-order valence-corrected chi connectivity index (χ4v) is 4.26. The van der Waals surface area contributed by atoms with Crippen LogP contribution in [0.5, 0.6) is 0 Å². The molecular formula is C20H37N5O. The van der Waals surface area contributed by atoms with E-state index in [1.807, 2.05) is 0 Å². The predicted molar refractivity (Wildman–Crippen MR) is 106 cm³/mol. The first-order valence-corrected chi connectivity index (χ1v) is 10.7. The van der Waals surface area contributed by atoms with E-state index in [0.717, 1.165) is 64.1 Å². The highest BCUT2D eigenvalue weighted by Gasteiger charge is 2.31. The third kappa shape index (κ3) is 6.15. The van der Waals surface area contributed by atoms with Crippen molar-refractivity contribution in [2.75, 3.05) is 33.2 Å². The summed E-state index contributed by atoms with van der Waals surface area (Å²) in [5.74, 6) is 2.02. The van der Waals surface area contributed by atoms with Gasteiger partial charge in [0.2, 0.25) is 5.91 Å². The van der Waals surface area contributed by atoms with Gasteiger partial charge in [0.05, 0.1) is 0 Å². The fourth-order valence-electron chi connectivity index (χ4n) is 4.26. The minimum absolute atomic E-state index is 0.164. The average Bonchev–Trinajstić information content (AvgIpc) is 3.44. The van der Waals surface area contributed by atoms with Crippen molar-refractivity contribution in [1.29, 1.82) is 0 Å². The summed E-state index contributed by atoms with van der Waals surface area (Å²) in [4.78, 5) is 19.7. The second kappa shape index (κ2) is 9.58. The maximum Gasteiger partial charge on any atom is 0.223 e. The molecule has 26 heavy (non-hydrogen) atoms. The molecule has 3 atom stereocenters. The van der Waals surface area contributed by atoms with Gasteiger partial charge in [0.15, 0.2) is 5.96 Å². The van der Waals surface area contributed by atoms with Gasteiger partial charge in [0.1, 0.15) is 0 Å². The predicted octanol–water partition coefficient (Wildman–Crippen LogP) is 1.72. The van der Waals surface area contributed by atoms with E-state index < -0.39 is 0 Å². The second-order valence-corrected chi connectivity index (χ2v) is 8.48. The number of guanidine groups is 1. The third-order valence-electron chi connectivity index (χ3n) is 5.88. The van der Waals surface area contributed by atoms with Crippen LogP contribution < -0.4 is 16.0 Å². The number of nitrogens with zero attached hydrogens (tertiary/aromatic N) is 2. The van der Waals surface area contributed by atoms with E-state index in [1.54, 1.807) is 0 Å². The summed E-state index contributed by atoms with van der Waals surface area (Å²) in [6, 6.07) is 0.814. The largest absolute Gasteiger partial charge is 0.357 e. The molecule has 1 amide bonds. The SMILES string of the molecule is CCNC(=NCC1CCCN(C)C1)NC1CCCC(C(=O)NC2CC2)C1. The molecule has 1 aliphatic heterocycles. The van der Waals surface area contributed by atoms with Crippen LogP contribution in [0.3, 0.4) is 0 Å². The van der Waals surface area contributed by atoms with Crippen LogP contribution in [0.1, 0.15) is 58.3 Å². The maximum absolute atomic E-state index is 12.4. The van der Waals surface area contributed by atoms with Crippen molar-refractivity contribution in [2.45, 2.75) is 70.4 Å². The number of nitrogens with one attached hydrogen (secondary N) is 3. The van der Waals surface area contributed by atoms with Gasteiger partial charge in [-0.05, 0) is 71.4 Å². The smallest absolute Gasteiger partial charge is 0.223 e. The molecule has 1 heterocycles. The van der Waals surface area contributed by atoms with Gasteiger partial charge in [0.25, 0.3) is 0 Å². The highest BCUT2D eigenvalue weighted by Crippen LogP contribution is 2.26. The lowest BCUT2D eigenvalue weighted by Crippen LogP contribution is -2.47. The first-order chi connectivity index (χ1) is 12.6. The molecule has 0 aromatic heterocycles. The fraction of sp³-hybridized carbons (Fsp3) is 0.900. The lowest BCUT2D eigenvalue weighted by atomic mass is 9.85. The Balaban J connectivity index is 1.49. The standard InChI is InChI=1S/C20H37N5O/c1-3-21-20(22-13-15-6-5-11-25(2)14-15)24-18-8-4-7-16(12-18)19(26)23-17-9-10-17/h15-18H,3-14H2,1-2H3,(H,23,26)(H2,21,22,24). The summed E-state index contributed by atoms with van der Waals surface area (Å²) in [5, 5.41) is 10.2. The second-order valence-electron chi connectivity index (χ2n) is 8.48. The van der Waals surface area contributed by atoms with E-state index in [2.05, 4.69) is 34.8 Å². The zero-order valence-electron chi connectivity index (χ0n) is 16.6. The van der Waals surface area contributed by atoms with Crippen molar-refractivity contribution in [2.24, 2.45) is 16.8 Å². The Hall–Kier alpha value is -1.30. The molecule has 0 aromatic rings. The van der Waals surface area contributed by atoms with Gasteiger partial charge in [-0.3, -0.25) is 9.79 Å². The minimum Gasteiger partial charge on any atom is -0.357 e. The minimum atomic E-state index is 0.164. The monoisotopic (exact) mass is 363 g/mol. The number of likely N-dealkylation sites (tertiary alicyclic amines) is 1. The topological polar surface area (TPSA) is 68.8 Å². The number of rotatable bonds is 6. The summed E-state index contributed by atoms with van der Waals surface area (Å²) in [7, 11) is 2.20. The molecule has 2 aliphatic carbocycles. The molecule has 3 fully saturated rings. The molecule has 148 valence electrons. The van der Waals surface area contributed by atoms with Crippen molar-refractivity contribution in [1.82, 2.24) is 20.9 Å². The normalized spacial score (nSPS) is 30.7. The molecule has 2 saturated carbocycles. The highest BCUT2D eigenvalue weighted by atomic mass is 16.2. The Bertz CT molecular complexity index is 491. The lowest BCUT2D eigenvalue weighted by Gasteiger charge is -2.31. The number of aliphatic imine (C=N–C) groups is 1. The molecule has 6 heteroatoms. The quantitative estimate of drug-likeness (QED) is 0.496. The summed E-state index contributed by atoms with van der Waals surface area (Å²) < 4.78 is 0. The van der Waals surface area contributed by atoms with Crippen LogP contribution in [0.25, 0.3) is 0 Å². The van der Waals surface area contributed by atoms with Gasteiger partial charge < -0.3 is 20.9 Å². The van der Waals surface area contributed by atoms with Gasteiger partial charge in [-0.25, -0.2) is 0 Å². The molecule has 3 rings (SSSR count). The Labute approximate surface area is 158 Å². The van der Waals surface area contributed by atoms with Crippen molar-refractivity contribution in [3.8, 4) is 0 Å². The molecule has 1 saturated heterocycles. The molecule has 3 N–H and O–H groups in total. The maximum atomic E-state index is 12.4. The summed E-state index contributed by atoms with van der Waals surface area (Å²) in [6.45, 7) is 6.23. The molecule has 3 aliphatic rings. The Morgan fingerprint density at radius 2 is 1.92 bits per heavy atom. The third-order valence-corrected chi connectivity index (χ3v) is 5.88. The molecule has 0 spiro atoms. The molecule has 0 aromatic carbocycles. The van der Waals surface area contributed by atoms with Crippen molar-refractivity contribution < 1.29 is 4.79 Å². The van der Waals surface area contributed by atoms with Crippen LogP contribution >= 0.6 is 0 Å².